The van der Waals surface area contributed by atoms with Gasteiger partial charge in [0.2, 0.25) is 0 Å². The molecule has 1 amide bonds. The fourth-order valence-electron chi connectivity index (χ4n) is 1.99. The van der Waals surface area contributed by atoms with E-state index in [9.17, 15) is 19.5 Å². The molecule has 24 heavy (non-hydrogen) atoms. The second kappa shape index (κ2) is 7.56. The number of thiocarbonyl (C=S) groups is 1. The molecule has 0 saturated carbocycles. The van der Waals surface area contributed by atoms with Crippen LogP contribution in [0.15, 0.2) is 29.2 Å². The number of carboxylic acid groups (broad SMARTS) is 1. The van der Waals surface area contributed by atoms with E-state index in [0.29, 0.717) is 11.1 Å². The van der Waals surface area contributed by atoms with Gasteiger partial charge in [-0.25, -0.2) is 4.79 Å². The van der Waals surface area contributed by atoms with Gasteiger partial charge in [0.25, 0.3) is 5.91 Å². The predicted molar refractivity (Wildman–Crippen MR) is 88.7 cm³/mol. The zero-order valence-electron chi connectivity index (χ0n) is 12.4. The number of aliphatic carboxylic acids is 1. The first-order valence-electron chi connectivity index (χ1n) is 6.66. The van der Waals surface area contributed by atoms with Gasteiger partial charge in [0, 0.05) is 0 Å². The summed E-state index contributed by atoms with van der Waals surface area (Å²) in [5.74, 6) is -2.68. The van der Waals surface area contributed by atoms with Crippen LogP contribution in [0.4, 0.5) is 0 Å². The van der Waals surface area contributed by atoms with Gasteiger partial charge in [0.05, 0.1) is 30.2 Å². The van der Waals surface area contributed by atoms with E-state index in [-0.39, 0.29) is 9.23 Å². The van der Waals surface area contributed by atoms with Crippen LogP contribution in [0.25, 0.3) is 6.08 Å². The number of hydrogen-bond donors (Lipinski definition) is 1. The standard InChI is InChI=1S/C15H13NO6S2/c1-22-14(21)9-4-2-8(3-5-9)6-11-12(18)16(15(23)24-11)10(7-17)13(19)20/h2-6,10,17H,7H2,1H3,(H,19,20)/p-1/b11-6-/t10-/m0/s1. The van der Waals surface area contributed by atoms with Crippen molar-refractivity contribution in [3.05, 3.63) is 40.3 Å². The zero-order valence-corrected chi connectivity index (χ0v) is 14.1. The van der Waals surface area contributed by atoms with E-state index in [4.69, 9.17) is 17.3 Å². The molecule has 0 unspecified atom stereocenters. The Bertz CT molecular complexity index is 728. The third kappa shape index (κ3) is 3.64. The van der Waals surface area contributed by atoms with Crippen molar-refractivity contribution in [1.29, 1.82) is 0 Å². The minimum atomic E-state index is -1.59. The number of rotatable bonds is 5. The van der Waals surface area contributed by atoms with Gasteiger partial charge in [-0.15, -0.1) is 0 Å². The van der Waals surface area contributed by atoms with Crippen LogP contribution in [0, 0.1) is 0 Å². The van der Waals surface area contributed by atoms with E-state index < -0.39 is 30.5 Å². The van der Waals surface area contributed by atoms with E-state index >= 15 is 0 Å². The maximum Gasteiger partial charge on any atom is 0.337 e. The fourth-order valence-corrected chi connectivity index (χ4v) is 3.35. The number of aliphatic hydroxyl groups is 1. The number of amides is 1. The molecule has 1 saturated heterocycles. The monoisotopic (exact) mass is 366 g/mol. The van der Waals surface area contributed by atoms with Crippen molar-refractivity contribution in [2.45, 2.75) is 6.04 Å². The van der Waals surface area contributed by atoms with Gasteiger partial charge in [0.15, 0.2) is 0 Å². The smallest absolute Gasteiger partial charge is 0.337 e. The Balaban J connectivity index is 2.25. The Morgan fingerprint density at radius 3 is 2.54 bits per heavy atom. The van der Waals surface area contributed by atoms with Crippen molar-refractivity contribution in [1.82, 2.24) is 4.90 Å². The number of carboxylic acids is 1. The lowest BCUT2D eigenvalue weighted by atomic mass is 10.1. The second-order valence-electron chi connectivity index (χ2n) is 4.68. The number of thioether (sulfide) groups is 1. The third-order valence-corrected chi connectivity index (χ3v) is 4.54. The minimum Gasteiger partial charge on any atom is -0.548 e. The molecule has 2 rings (SSSR count). The Labute approximate surface area is 146 Å². The summed E-state index contributed by atoms with van der Waals surface area (Å²) in [6.07, 6.45) is 1.52. The first kappa shape index (κ1) is 18.1. The van der Waals surface area contributed by atoms with Crippen molar-refractivity contribution in [3.63, 3.8) is 0 Å². The molecule has 9 heteroatoms. The van der Waals surface area contributed by atoms with Gasteiger partial charge in [-0.1, -0.05) is 36.1 Å². The molecule has 0 bridgehead atoms. The molecule has 1 N–H and O–H groups in total. The first-order valence-corrected chi connectivity index (χ1v) is 7.88. The molecule has 7 nitrogen and oxygen atoms in total. The number of methoxy groups -OCH3 is 1. The molecule has 1 fully saturated rings. The number of nitrogens with zero attached hydrogens (tertiary/aromatic N) is 1. The fraction of sp³-hybridized carbons (Fsp3) is 0.200. The third-order valence-electron chi connectivity index (χ3n) is 3.21. The molecule has 126 valence electrons. The van der Waals surface area contributed by atoms with Crippen molar-refractivity contribution in [2.75, 3.05) is 13.7 Å². The molecule has 1 aliphatic heterocycles. The number of ether oxygens (including phenoxy) is 1. The highest BCUT2D eigenvalue weighted by Crippen LogP contribution is 2.33. The lowest BCUT2D eigenvalue weighted by Crippen LogP contribution is -2.51. The molecule has 1 atom stereocenters. The summed E-state index contributed by atoms with van der Waals surface area (Å²) >= 11 is 5.93. The van der Waals surface area contributed by atoms with E-state index in [1.807, 2.05) is 0 Å². The van der Waals surface area contributed by atoms with Crippen LogP contribution in [0.3, 0.4) is 0 Å². The van der Waals surface area contributed by atoms with Crippen LogP contribution in [0.1, 0.15) is 15.9 Å². The summed E-state index contributed by atoms with van der Waals surface area (Å²) in [5, 5.41) is 20.1. The number of esters is 1. The van der Waals surface area contributed by atoms with Crippen LogP contribution >= 0.6 is 24.0 Å². The predicted octanol–water partition coefficient (Wildman–Crippen LogP) is -0.215. The van der Waals surface area contributed by atoms with E-state index in [0.717, 1.165) is 16.7 Å². The highest BCUT2D eigenvalue weighted by molar-refractivity contribution is 8.26. The van der Waals surface area contributed by atoms with Gasteiger partial charge in [-0.05, 0) is 23.8 Å². The molecule has 1 aromatic rings. The van der Waals surface area contributed by atoms with Gasteiger partial charge in [-0.3, -0.25) is 9.69 Å². The van der Waals surface area contributed by atoms with Crippen molar-refractivity contribution in [2.24, 2.45) is 0 Å². The van der Waals surface area contributed by atoms with Crippen molar-refractivity contribution >= 4 is 52.2 Å². The highest BCUT2D eigenvalue weighted by atomic mass is 32.2. The lowest BCUT2D eigenvalue weighted by molar-refractivity contribution is -0.311. The average molecular weight is 366 g/mol. The van der Waals surface area contributed by atoms with Crippen molar-refractivity contribution < 1.29 is 29.3 Å². The van der Waals surface area contributed by atoms with E-state index in [2.05, 4.69) is 4.74 Å². The van der Waals surface area contributed by atoms with Crippen LogP contribution in [-0.2, 0) is 14.3 Å². The molecule has 0 radical (unpaired) electrons. The highest BCUT2D eigenvalue weighted by Gasteiger charge is 2.37. The van der Waals surface area contributed by atoms with Crippen molar-refractivity contribution in [3.8, 4) is 0 Å². The average Bonchev–Trinajstić information content (AvgIpc) is 2.83. The normalized spacial score (nSPS) is 17.2. The second-order valence-corrected chi connectivity index (χ2v) is 6.36. The quantitative estimate of drug-likeness (QED) is 0.433. The molecule has 1 aromatic carbocycles. The number of aliphatic hydroxyl groups excluding tert-OH is 1. The Morgan fingerprint density at radius 1 is 1.42 bits per heavy atom. The first-order chi connectivity index (χ1) is 11.4. The van der Waals surface area contributed by atoms with Crippen LogP contribution in [0.2, 0.25) is 0 Å². The van der Waals surface area contributed by atoms with E-state index in [1.54, 1.807) is 12.1 Å². The summed E-state index contributed by atoms with van der Waals surface area (Å²) in [6.45, 7) is -0.796. The Hall–Kier alpha value is -2.23. The molecular weight excluding hydrogens is 354 g/mol. The molecule has 0 aromatic heterocycles. The maximum atomic E-state index is 12.3. The maximum absolute atomic E-state index is 12.3. The number of benzene rings is 1. The van der Waals surface area contributed by atoms with Crippen LogP contribution in [-0.4, -0.2) is 51.9 Å². The largest absolute Gasteiger partial charge is 0.548 e. The van der Waals surface area contributed by atoms with Gasteiger partial charge < -0.3 is 19.7 Å². The molecule has 0 spiro atoms. The molecule has 0 aliphatic carbocycles. The SMILES string of the molecule is COC(=O)c1ccc(/C=C2\SC(=S)N([C@@H](CO)C(=O)[O-])C2=O)cc1. The summed E-state index contributed by atoms with van der Waals surface area (Å²) in [4.78, 5) is 35.7. The molecule has 1 aliphatic rings. The number of hydrogen-bond acceptors (Lipinski definition) is 8. The minimum absolute atomic E-state index is 0.0284. The molecule has 1 heterocycles. The summed E-state index contributed by atoms with van der Waals surface area (Å²) in [5.41, 5.74) is 0.983. The lowest BCUT2D eigenvalue weighted by Gasteiger charge is -2.25. The number of carbonyl (C=O) groups is 3. The Kier molecular flexibility index (Phi) is 5.71. The van der Waals surface area contributed by atoms with Gasteiger partial charge in [-0.2, -0.15) is 0 Å². The summed E-state index contributed by atoms with van der Waals surface area (Å²) in [6, 6.07) is 4.78. The Morgan fingerprint density at radius 2 is 2.04 bits per heavy atom. The topological polar surface area (TPSA) is 107 Å². The van der Waals surface area contributed by atoms with E-state index in [1.165, 1.54) is 25.3 Å². The van der Waals surface area contributed by atoms with Gasteiger partial charge >= 0.3 is 5.97 Å². The van der Waals surface area contributed by atoms with Crippen LogP contribution in [0.5, 0.6) is 0 Å². The van der Waals surface area contributed by atoms with Gasteiger partial charge in [0.1, 0.15) is 10.4 Å². The number of carbonyl (C=O) groups excluding carboxylic acids is 3. The summed E-state index contributed by atoms with van der Waals surface area (Å²) < 4.78 is 4.62. The zero-order chi connectivity index (χ0) is 17.9. The summed E-state index contributed by atoms with van der Waals surface area (Å²) in [7, 11) is 1.27. The molecular formula is C15H12NO6S2-. The van der Waals surface area contributed by atoms with Crippen LogP contribution < -0.4 is 5.11 Å².